The van der Waals surface area contributed by atoms with Crippen LogP contribution in [0.3, 0.4) is 0 Å². The number of benzene rings is 2. The number of ether oxygens (including phenoxy) is 3. The zero-order valence-electron chi connectivity index (χ0n) is 16.3. The van der Waals surface area contributed by atoms with Gasteiger partial charge in [0.25, 0.3) is 5.91 Å². The lowest BCUT2D eigenvalue weighted by molar-refractivity contribution is 0.0997. The number of carbonyl (C=O) groups is 1. The maximum absolute atomic E-state index is 11.9. The summed E-state index contributed by atoms with van der Waals surface area (Å²) in [6.07, 6.45) is 1.63. The molecule has 1 atom stereocenters. The molecule has 2 aromatic carbocycles. The fourth-order valence-electron chi connectivity index (χ4n) is 3.03. The molecule has 4 rings (SSSR count). The van der Waals surface area contributed by atoms with Crippen LogP contribution in [0.4, 0.5) is 0 Å². The lowest BCUT2D eigenvalue weighted by Crippen LogP contribution is -2.14. The van der Waals surface area contributed by atoms with Crippen LogP contribution in [-0.4, -0.2) is 34.7 Å². The van der Waals surface area contributed by atoms with Crippen LogP contribution in [0.2, 0.25) is 0 Å². The first-order valence-electron chi connectivity index (χ1n) is 8.94. The van der Waals surface area contributed by atoms with Gasteiger partial charge in [0.05, 0.1) is 25.3 Å². The maximum atomic E-state index is 11.9. The van der Waals surface area contributed by atoms with E-state index in [9.17, 15) is 4.79 Å². The number of pyridine rings is 1. The number of primary amides is 1. The van der Waals surface area contributed by atoms with Crippen LogP contribution < -0.4 is 25.2 Å². The molecule has 8 nitrogen and oxygen atoms in total. The summed E-state index contributed by atoms with van der Waals surface area (Å²) in [5, 5.41) is 0.824. The highest BCUT2D eigenvalue weighted by Gasteiger charge is 2.17. The molecule has 0 aliphatic heterocycles. The molecule has 4 aromatic rings. The van der Waals surface area contributed by atoms with Gasteiger partial charge in [0, 0.05) is 17.4 Å². The van der Waals surface area contributed by atoms with Crippen molar-refractivity contribution in [2.45, 2.75) is 0 Å². The number of carbonyl (C=O) groups excluding carboxylic acids is 1. The van der Waals surface area contributed by atoms with Crippen LogP contribution in [0.5, 0.6) is 23.1 Å². The van der Waals surface area contributed by atoms with E-state index in [4.69, 9.17) is 19.9 Å². The largest absolute Gasteiger partial charge is 0.493 e. The summed E-state index contributed by atoms with van der Waals surface area (Å²) in [5.41, 5.74) is 7.15. The molecule has 0 saturated heterocycles. The van der Waals surface area contributed by atoms with Gasteiger partial charge in [0.1, 0.15) is 23.5 Å². The molecule has 1 amide bonds. The first-order chi connectivity index (χ1) is 14.5. The Bertz CT molecular complexity index is 1260. The smallest absolute Gasteiger partial charge is 0.254 e. The van der Waals surface area contributed by atoms with E-state index in [1.807, 2.05) is 24.3 Å². The molecule has 0 aliphatic carbocycles. The Hall–Kier alpha value is -3.64. The van der Waals surface area contributed by atoms with Gasteiger partial charge in [-0.1, -0.05) is 18.2 Å². The van der Waals surface area contributed by atoms with Crippen LogP contribution in [0.25, 0.3) is 16.9 Å². The van der Waals surface area contributed by atoms with Gasteiger partial charge in [-0.2, -0.15) is 4.98 Å². The molecule has 0 spiro atoms. The molecule has 0 saturated carbocycles. The number of amides is 1. The number of rotatable bonds is 6. The van der Waals surface area contributed by atoms with Crippen molar-refractivity contribution < 1.29 is 19.0 Å². The quantitative estimate of drug-likeness (QED) is 0.480. The molecule has 2 aromatic heterocycles. The van der Waals surface area contributed by atoms with Crippen molar-refractivity contribution in [1.29, 1.82) is 0 Å². The minimum atomic E-state index is -0.632. The molecular formula is C21H19N4O4P. The average molecular weight is 422 g/mol. The van der Waals surface area contributed by atoms with Crippen LogP contribution in [0.15, 0.2) is 54.9 Å². The van der Waals surface area contributed by atoms with Gasteiger partial charge in [0.2, 0.25) is 5.88 Å². The number of nitrogens with two attached hydrogens (primary N) is 1. The van der Waals surface area contributed by atoms with E-state index in [0.29, 0.717) is 28.6 Å². The Labute approximate surface area is 174 Å². The molecule has 2 heterocycles. The first kappa shape index (κ1) is 19.7. The van der Waals surface area contributed by atoms with Gasteiger partial charge in [-0.05, 0) is 18.2 Å². The number of methoxy groups -OCH3 is 2. The van der Waals surface area contributed by atoms with Crippen LogP contribution in [0.1, 0.15) is 10.4 Å². The van der Waals surface area contributed by atoms with Crippen molar-refractivity contribution >= 4 is 31.5 Å². The molecule has 2 N–H and O–H groups in total. The van der Waals surface area contributed by atoms with Crippen LogP contribution >= 0.6 is 9.24 Å². The normalized spacial score (nSPS) is 10.8. The van der Waals surface area contributed by atoms with E-state index >= 15 is 0 Å². The molecule has 0 bridgehead atoms. The molecule has 0 radical (unpaired) electrons. The van der Waals surface area contributed by atoms with Crippen molar-refractivity contribution in [3.63, 3.8) is 0 Å². The summed E-state index contributed by atoms with van der Waals surface area (Å²) in [6.45, 7) is 0. The summed E-state index contributed by atoms with van der Waals surface area (Å²) in [6, 6.07) is 14.2. The highest BCUT2D eigenvalue weighted by Crippen LogP contribution is 2.33. The van der Waals surface area contributed by atoms with Gasteiger partial charge < -0.3 is 19.9 Å². The fraction of sp³-hybridized carbons (Fsp3) is 0.0952. The standard InChI is InChI=1S/C21H19N4O4P/c1-27-16-9-13-14(10-17(16)28-2)25(11-23-13)19-8-7-12(20(22)26)21(24-19)29-15-5-3-4-6-18(15)30/h3-11H,30H2,1-2H3,(H2,22,26). The Balaban J connectivity index is 1.84. The average Bonchev–Trinajstić information content (AvgIpc) is 3.16. The third kappa shape index (κ3) is 3.53. The number of nitrogens with zero attached hydrogens (tertiary/aromatic N) is 3. The predicted octanol–water partition coefficient (Wildman–Crippen LogP) is 2.83. The minimum absolute atomic E-state index is 0.109. The van der Waals surface area contributed by atoms with Gasteiger partial charge in [0.15, 0.2) is 11.5 Å². The van der Waals surface area contributed by atoms with Crippen molar-refractivity contribution in [1.82, 2.24) is 14.5 Å². The van der Waals surface area contributed by atoms with Crippen molar-refractivity contribution in [2.75, 3.05) is 14.2 Å². The van der Waals surface area contributed by atoms with Crippen LogP contribution in [0, 0.1) is 0 Å². The Kier molecular flexibility index (Phi) is 5.25. The summed E-state index contributed by atoms with van der Waals surface area (Å²) < 4.78 is 18.4. The van der Waals surface area contributed by atoms with E-state index in [2.05, 4.69) is 19.2 Å². The van der Waals surface area contributed by atoms with Crippen molar-refractivity contribution in [3.05, 3.63) is 60.4 Å². The minimum Gasteiger partial charge on any atom is -0.493 e. The maximum Gasteiger partial charge on any atom is 0.254 e. The highest BCUT2D eigenvalue weighted by atomic mass is 31.0. The highest BCUT2D eigenvalue weighted by molar-refractivity contribution is 7.27. The lowest BCUT2D eigenvalue weighted by Gasteiger charge is -2.13. The van der Waals surface area contributed by atoms with Gasteiger partial charge >= 0.3 is 0 Å². The zero-order valence-corrected chi connectivity index (χ0v) is 17.5. The molecular weight excluding hydrogens is 403 g/mol. The number of aromatic nitrogens is 3. The summed E-state index contributed by atoms with van der Waals surface area (Å²) in [7, 11) is 5.72. The van der Waals surface area contributed by atoms with Crippen LogP contribution in [-0.2, 0) is 0 Å². The summed E-state index contributed by atoms with van der Waals surface area (Å²) in [4.78, 5) is 20.9. The number of imidazole rings is 1. The second kappa shape index (κ2) is 8.00. The van der Waals surface area contributed by atoms with E-state index in [1.54, 1.807) is 49.4 Å². The zero-order chi connectivity index (χ0) is 21.3. The molecule has 30 heavy (non-hydrogen) atoms. The van der Waals surface area contributed by atoms with E-state index < -0.39 is 5.91 Å². The fourth-order valence-corrected chi connectivity index (χ4v) is 3.29. The first-order valence-corrected chi connectivity index (χ1v) is 9.52. The van der Waals surface area contributed by atoms with Gasteiger partial charge in [-0.15, -0.1) is 9.24 Å². The molecule has 0 aliphatic rings. The molecule has 0 fully saturated rings. The van der Waals surface area contributed by atoms with Crippen molar-refractivity contribution in [2.24, 2.45) is 5.73 Å². The van der Waals surface area contributed by atoms with E-state index in [-0.39, 0.29) is 11.4 Å². The topological polar surface area (TPSA) is 101 Å². The number of fused-ring (bicyclic) bond motifs is 1. The predicted molar refractivity (Wildman–Crippen MR) is 116 cm³/mol. The van der Waals surface area contributed by atoms with Gasteiger partial charge in [-0.3, -0.25) is 9.36 Å². The number of hydrogen-bond donors (Lipinski definition) is 1. The van der Waals surface area contributed by atoms with Crippen molar-refractivity contribution in [3.8, 4) is 28.9 Å². The van der Waals surface area contributed by atoms with E-state index in [1.165, 1.54) is 0 Å². The SMILES string of the molecule is COc1cc2ncn(-c3ccc(C(N)=O)c(Oc4ccccc4P)n3)c2cc1OC. The second-order valence-corrected chi connectivity index (χ2v) is 6.96. The number of para-hydroxylation sites is 1. The Morgan fingerprint density at radius 1 is 1.03 bits per heavy atom. The summed E-state index contributed by atoms with van der Waals surface area (Å²) >= 11 is 0. The van der Waals surface area contributed by atoms with Gasteiger partial charge in [-0.25, -0.2) is 4.98 Å². The molecule has 152 valence electrons. The second-order valence-electron chi connectivity index (χ2n) is 6.34. The number of hydrogen-bond acceptors (Lipinski definition) is 6. The Morgan fingerprint density at radius 3 is 2.47 bits per heavy atom. The van der Waals surface area contributed by atoms with E-state index in [0.717, 1.165) is 10.8 Å². The molecule has 9 heteroatoms. The Morgan fingerprint density at radius 2 is 1.77 bits per heavy atom. The monoisotopic (exact) mass is 422 g/mol. The third-order valence-electron chi connectivity index (χ3n) is 4.54. The summed E-state index contributed by atoms with van der Waals surface area (Å²) in [5.74, 6) is 1.68. The molecule has 1 unspecified atom stereocenters. The third-order valence-corrected chi connectivity index (χ3v) is 5.01. The lowest BCUT2D eigenvalue weighted by atomic mass is 10.2.